The van der Waals surface area contributed by atoms with Gasteiger partial charge in [0.2, 0.25) is 5.88 Å². The molecule has 104 valence electrons. The highest BCUT2D eigenvalue weighted by Gasteiger charge is 2.15. The Balaban J connectivity index is 0.00000144. The molecule has 6 heteroatoms. The minimum Gasteiger partial charge on any atom is -0.481 e. The monoisotopic (exact) mass is 293 g/mol. The molecule has 0 saturated carbocycles. The molecule has 0 spiro atoms. The third kappa shape index (κ3) is 4.98. The summed E-state index contributed by atoms with van der Waals surface area (Å²) in [5.41, 5.74) is 7.11. The van der Waals surface area contributed by atoms with E-state index in [1.54, 1.807) is 7.11 Å². The lowest BCUT2D eigenvalue weighted by Crippen LogP contribution is -2.39. The minimum atomic E-state index is 0. The molecular formula is C12H21Cl2N3O. The fourth-order valence-corrected chi connectivity index (χ4v) is 1.99. The van der Waals surface area contributed by atoms with E-state index >= 15 is 0 Å². The Hall–Kier alpha value is -0.550. The van der Waals surface area contributed by atoms with Crippen LogP contribution in [0.15, 0.2) is 18.3 Å². The van der Waals surface area contributed by atoms with E-state index in [1.165, 1.54) is 5.56 Å². The molecule has 1 aliphatic rings. The van der Waals surface area contributed by atoms with E-state index in [1.807, 2.05) is 12.3 Å². The molecular weight excluding hydrogens is 273 g/mol. The van der Waals surface area contributed by atoms with Crippen LogP contribution in [0.4, 0.5) is 0 Å². The van der Waals surface area contributed by atoms with Gasteiger partial charge in [-0.3, -0.25) is 4.90 Å². The summed E-state index contributed by atoms with van der Waals surface area (Å²) in [6, 6.07) is 4.37. The second kappa shape index (κ2) is 8.53. The normalized spacial score (nSPS) is 16.6. The van der Waals surface area contributed by atoms with E-state index in [0.717, 1.165) is 32.5 Å². The molecule has 0 unspecified atom stereocenters. The molecule has 0 radical (unpaired) electrons. The van der Waals surface area contributed by atoms with Gasteiger partial charge < -0.3 is 10.5 Å². The number of hydrogen-bond acceptors (Lipinski definition) is 4. The molecule has 1 fully saturated rings. The molecule has 1 aromatic heterocycles. The largest absolute Gasteiger partial charge is 0.481 e. The number of aromatic nitrogens is 1. The van der Waals surface area contributed by atoms with Crippen LogP contribution in [0, 0.1) is 0 Å². The quantitative estimate of drug-likeness (QED) is 0.924. The number of nitrogens with two attached hydrogens (primary N) is 1. The lowest BCUT2D eigenvalue weighted by molar-refractivity contribution is 0.205. The third-order valence-electron chi connectivity index (χ3n) is 3.05. The van der Waals surface area contributed by atoms with Crippen LogP contribution in [0.5, 0.6) is 5.88 Å². The van der Waals surface area contributed by atoms with Gasteiger partial charge in [-0.15, -0.1) is 24.8 Å². The highest BCUT2D eigenvalue weighted by molar-refractivity contribution is 5.85. The molecule has 1 aliphatic heterocycles. The van der Waals surface area contributed by atoms with Crippen LogP contribution in [0.2, 0.25) is 0 Å². The molecule has 18 heavy (non-hydrogen) atoms. The molecule has 0 aliphatic carbocycles. The Morgan fingerprint density at radius 1 is 1.33 bits per heavy atom. The number of nitrogens with zero attached hydrogens (tertiary/aromatic N) is 2. The number of ether oxygens (including phenoxy) is 1. The summed E-state index contributed by atoms with van der Waals surface area (Å²) in [7, 11) is 1.63. The number of rotatable bonds is 3. The minimum absolute atomic E-state index is 0. The van der Waals surface area contributed by atoms with Gasteiger partial charge in [0.1, 0.15) is 0 Å². The molecule has 1 aromatic rings. The first-order chi connectivity index (χ1) is 7.78. The van der Waals surface area contributed by atoms with Gasteiger partial charge in [0.15, 0.2) is 0 Å². The van der Waals surface area contributed by atoms with Crippen LogP contribution in [0.3, 0.4) is 0 Å². The van der Waals surface area contributed by atoms with E-state index < -0.39 is 0 Å². The van der Waals surface area contributed by atoms with Gasteiger partial charge in [-0.2, -0.15) is 0 Å². The summed E-state index contributed by atoms with van der Waals surface area (Å²) in [4.78, 5) is 6.63. The smallest absolute Gasteiger partial charge is 0.212 e. The van der Waals surface area contributed by atoms with Crippen LogP contribution < -0.4 is 10.5 Å². The van der Waals surface area contributed by atoms with Gasteiger partial charge in [0.05, 0.1) is 7.11 Å². The summed E-state index contributed by atoms with van der Waals surface area (Å²) in [5.74, 6) is 0.671. The molecule has 0 atom stereocenters. The summed E-state index contributed by atoms with van der Waals surface area (Å²) >= 11 is 0. The van der Waals surface area contributed by atoms with Crippen molar-refractivity contribution in [1.29, 1.82) is 0 Å². The van der Waals surface area contributed by atoms with Crippen LogP contribution in [0.1, 0.15) is 18.4 Å². The van der Waals surface area contributed by atoms with Crippen molar-refractivity contribution in [2.45, 2.75) is 25.4 Å². The van der Waals surface area contributed by atoms with Gasteiger partial charge in [0.25, 0.3) is 0 Å². The van der Waals surface area contributed by atoms with Gasteiger partial charge in [0, 0.05) is 24.8 Å². The number of methoxy groups -OCH3 is 1. The maximum atomic E-state index is 5.87. The van der Waals surface area contributed by atoms with Crippen molar-refractivity contribution in [2.24, 2.45) is 5.73 Å². The second-order valence-electron chi connectivity index (χ2n) is 4.32. The number of halogens is 2. The summed E-state index contributed by atoms with van der Waals surface area (Å²) in [5, 5.41) is 0. The van der Waals surface area contributed by atoms with Gasteiger partial charge in [-0.05, 0) is 31.5 Å². The molecule has 2 heterocycles. The van der Waals surface area contributed by atoms with Crippen LogP contribution >= 0.6 is 24.8 Å². The average Bonchev–Trinajstić information content (AvgIpc) is 2.33. The maximum absolute atomic E-state index is 5.87. The zero-order valence-corrected chi connectivity index (χ0v) is 12.2. The fraction of sp³-hybridized carbons (Fsp3) is 0.583. The van der Waals surface area contributed by atoms with Crippen molar-refractivity contribution >= 4 is 24.8 Å². The van der Waals surface area contributed by atoms with Crippen molar-refractivity contribution in [3.05, 3.63) is 23.9 Å². The fourth-order valence-electron chi connectivity index (χ4n) is 1.99. The molecule has 2 N–H and O–H groups in total. The van der Waals surface area contributed by atoms with Crippen LogP contribution in [-0.2, 0) is 6.54 Å². The first kappa shape index (κ1) is 17.4. The van der Waals surface area contributed by atoms with Gasteiger partial charge >= 0.3 is 0 Å². The zero-order chi connectivity index (χ0) is 11.4. The van der Waals surface area contributed by atoms with Crippen molar-refractivity contribution in [3.63, 3.8) is 0 Å². The molecule has 0 bridgehead atoms. The summed E-state index contributed by atoms with van der Waals surface area (Å²) in [6.45, 7) is 3.14. The van der Waals surface area contributed by atoms with E-state index in [-0.39, 0.29) is 24.8 Å². The third-order valence-corrected chi connectivity index (χ3v) is 3.05. The predicted octanol–water partition coefficient (Wildman–Crippen LogP) is 1.86. The Morgan fingerprint density at radius 3 is 2.50 bits per heavy atom. The van der Waals surface area contributed by atoms with E-state index in [9.17, 15) is 0 Å². The molecule has 4 nitrogen and oxygen atoms in total. The SMILES string of the molecule is COc1ccc(CN2CCC(N)CC2)cn1.Cl.Cl. The second-order valence-corrected chi connectivity index (χ2v) is 4.32. The van der Waals surface area contributed by atoms with Crippen molar-refractivity contribution in [2.75, 3.05) is 20.2 Å². The average molecular weight is 294 g/mol. The van der Waals surface area contributed by atoms with Crippen LogP contribution in [0.25, 0.3) is 0 Å². The first-order valence-electron chi connectivity index (χ1n) is 5.75. The topological polar surface area (TPSA) is 51.4 Å². The van der Waals surface area contributed by atoms with Crippen molar-refractivity contribution in [3.8, 4) is 5.88 Å². The number of piperidine rings is 1. The maximum Gasteiger partial charge on any atom is 0.212 e. The Kier molecular flexibility index (Phi) is 8.27. The summed E-state index contributed by atoms with van der Waals surface area (Å²) in [6.07, 6.45) is 4.08. The Labute approximate surface area is 121 Å². The predicted molar refractivity (Wildman–Crippen MR) is 77.8 cm³/mol. The number of pyridine rings is 1. The van der Waals surface area contributed by atoms with E-state index in [4.69, 9.17) is 10.5 Å². The molecule has 2 rings (SSSR count). The lowest BCUT2D eigenvalue weighted by Gasteiger charge is -2.29. The van der Waals surface area contributed by atoms with E-state index in [0.29, 0.717) is 11.9 Å². The van der Waals surface area contributed by atoms with Crippen molar-refractivity contribution in [1.82, 2.24) is 9.88 Å². The Morgan fingerprint density at radius 2 is 2.00 bits per heavy atom. The molecule has 0 amide bonds. The lowest BCUT2D eigenvalue weighted by atomic mass is 10.1. The number of hydrogen-bond donors (Lipinski definition) is 1. The standard InChI is InChI=1S/C12H19N3O.2ClH/c1-16-12-3-2-10(8-14-12)9-15-6-4-11(13)5-7-15;;/h2-3,8,11H,4-7,9,13H2,1H3;2*1H. The van der Waals surface area contributed by atoms with Gasteiger partial charge in [-0.1, -0.05) is 6.07 Å². The van der Waals surface area contributed by atoms with Gasteiger partial charge in [-0.25, -0.2) is 4.98 Å². The molecule has 1 saturated heterocycles. The first-order valence-corrected chi connectivity index (χ1v) is 5.75. The zero-order valence-electron chi connectivity index (χ0n) is 10.5. The van der Waals surface area contributed by atoms with Crippen LogP contribution in [-0.4, -0.2) is 36.1 Å². The Bertz CT molecular complexity index is 327. The van der Waals surface area contributed by atoms with Crippen molar-refractivity contribution < 1.29 is 4.74 Å². The highest BCUT2D eigenvalue weighted by atomic mass is 35.5. The summed E-state index contributed by atoms with van der Waals surface area (Å²) < 4.78 is 5.03. The number of likely N-dealkylation sites (tertiary alicyclic amines) is 1. The molecule has 0 aromatic carbocycles. The highest BCUT2D eigenvalue weighted by Crippen LogP contribution is 2.13. The van der Waals surface area contributed by atoms with E-state index in [2.05, 4.69) is 16.0 Å².